The topological polar surface area (TPSA) is 101 Å². The maximum absolute atomic E-state index is 9.27. The van der Waals surface area contributed by atoms with Gasteiger partial charge in [-0.3, -0.25) is 0 Å². The van der Waals surface area contributed by atoms with Crippen LogP contribution < -0.4 is 0 Å². The third-order valence-electron chi connectivity index (χ3n) is 1.68. The van der Waals surface area contributed by atoms with Gasteiger partial charge in [0.25, 0.3) is 0 Å². The molecule has 0 aromatic heterocycles. The summed E-state index contributed by atoms with van der Waals surface area (Å²) in [6.45, 7) is 1.34. The quantitative estimate of drug-likeness (QED) is 0.269. The van der Waals surface area contributed by atoms with Crippen LogP contribution in [0.15, 0.2) is 4.90 Å². The standard InChI is InChI=1S/C7H8O5S/c1-2-3(8)5(10)6(11)7(13-12)4(2)9/h8-12H,1H3. The molecule has 5 N–H and O–H groups in total. The van der Waals surface area contributed by atoms with Crippen molar-refractivity contribution in [3.63, 3.8) is 0 Å². The highest BCUT2D eigenvalue weighted by Crippen LogP contribution is 2.49. The van der Waals surface area contributed by atoms with E-state index in [0.29, 0.717) is 0 Å². The van der Waals surface area contributed by atoms with E-state index in [-0.39, 0.29) is 22.5 Å². The zero-order chi connectivity index (χ0) is 10.2. The monoisotopic (exact) mass is 204 g/mol. The minimum atomic E-state index is -0.758. The molecule has 0 amide bonds. The molecule has 5 nitrogen and oxygen atoms in total. The second-order valence-electron chi connectivity index (χ2n) is 2.44. The summed E-state index contributed by atoms with van der Waals surface area (Å²) in [5.41, 5.74) is -0.00755. The first-order chi connectivity index (χ1) is 6.00. The summed E-state index contributed by atoms with van der Waals surface area (Å²) < 4.78 is 8.64. The third kappa shape index (κ3) is 1.34. The van der Waals surface area contributed by atoms with Crippen LogP contribution in [0.25, 0.3) is 0 Å². The van der Waals surface area contributed by atoms with Gasteiger partial charge in [-0.25, -0.2) is 0 Å². The summed E-state index contributed by atoms with van der Waals surface area (Å²) in [5, 5.41) is 36.6. The molecule has 1 rings (SSSR count). The van der Waals surface area contributed by atoms with Crippen LogP contribution in [0.2, 0.25) is 0 Å². The van der Waals surface area contributed by atoms with Gasteiger partial charge in [0.15, 0.2) is 11.5 Å². The molecular weight excluding hydrogens is 196 g/mol. The Labute approximate surface area is 78.1 Å². The van der Waals surface area contributed by atoms with Crippen LogP contribution in [0.4, 0.5) is 0 Å². The van der Waals surface area contributed by atoms with Crippen LogP contribution in [0.5, 0.6) is 23.0 Å². The molecule has 1 aromatic rings. The summed E-state index contributed by atoms with van der Waals surface area (Å²) in [6, 6.07) is 0. The Morgan fingerprint density at radius 2 is 1.38 bits per heavy atom. The fourth-order valence-electron chi connectivity index (χ4n) is 0.878. The van der Waals surface area contributed by atoms with E-state index in [2.05, 4.69) is 0 Å². The van der Waals surface area contributed by atoms with Gasteiger partial charge in [0.2, 0.25) is 5.75 Å². The lowest BCUT2D eigenvalue weighted by molar-refractivity contribution is 0.347. The van der Waals surface area contributed by atoms with E-state index in [4.69, 9.17) is 19.9 Å². The Morgan fingerprint density at radius 1 is 0.846 bits per heavy atom. The SMILES string of the molecule is Cc1c(O)c(O)c(O)c(SO)c1O. The van der Waals surface area contributed by atoms with E-state index in [1.807, 2.05) is 0 Å². The predicted octanol–water partition coefficient (Wildman–Crippen LogP) is 1.38. The van der Waals surface area contributed by atoms with E-state index in [1.54, 1.807) is 0 Å². The van der Waals surface area contributed by atoms with Gasteiger partial charge >= 0.3 is 0 Å². The van der Waals surface area contributed by atoms with E-state index in [9.17, 15) is 5.11 Å². The van der Waals surface area contributed by atoms with E-state index < -0.39 is 23.0 Å². The predicted molar refractivity (Wildman–Crippen MR) is 46.3 cm³/mol. The minimum Gasteiger partial charge on any atom is -0.506 e. The largest absolute Gasteiger partial charge is 0.506 e. The van der Waals surface area contributed by atoms with Crippen LogP contribution in [-0.2, 0) is 0 Å². The first-order valence-electron chi connectivity index (χ1n) is 3.28. The van der Waals surface area contributed by atoms with Crippen LogP contribution in [0.1, 0.15) is 5.56 Å². The van der Waals surface area contributed by atoms with E-state index in [1.165, 1.54) is 6.92 Å². The van der Waals surface area contributed by atoms with Crippen LogP contribution in [0.3, 0.4) is 0 Å². The molecule has 0 aliphatic carbocycles. The molecule has 6 heteroatoms. The molecule has 0 radical (unpaired) electrons. The first-order valence-corrected chi connectivity index (χ1v) is 4.05. The Bertz CT molecular complexity index is 320. The molecule has 0 bridgehead atoms. The Kier molecular flexibility index (Phi) is 2.44. The number of rotatable bonds is 1. The van der Waals surface area contributed by atoms with Gasteiger partial charge in [0.1, 0.15) is 10.6 Å². The van der Waals surface area contributed by atoms with Gasteiger partial charge in [0, 0.05) is 17.6 Å². The summed E-state index contributed by atoms with van der Waals surface area (Å²) in [4.78, 5) is -0.284. The number of phenols is 4. The van der Waals surface area contributed by atoms with Crippen molar-refractivity contribution in [2.45, 2.75) is 11.8 Å². The summed E-state index contributed by atoms with van der Waals surface area (Å²) in [7, 11) is 0. The second kappa shape index (κ2) is 3.23. The number of aromatic hydroxyl groups is 4. The lowest BCUT2D eigenvalue weighted by Crippen LogP contribution is -1.83. The van der Waals surface area contributed by atoms with Crippen molar-refractivity contribution in [2.75, 3.05) is 0 Å². The van der Waals surface area contributed by atoms with Gasteiger partial charge in [0.05, 0.1) is 0 Å². The molecule has 0 aliphatic rings. The molecule has 13 heavy (non-hydrogen) atoms. The van der Waals surface area contributed by atoms with Crippen molar-refractivity contribution < 1.29 is 25.0 Å². The lowest BCUT2D eigenvalue weighted by Gasteiger charge is -2.10. The zero-order valence-corrected chi connectivity index (χ0v) is 7.46. The third-order valence-corrected chi connectivity index (χ3v) is 2.25. The van der Waals surface area contributed by atoms with Crippen LogP contribution >= 0.6 is 12.0 Å². The smallest absolute Gasteiger partial charge is 0.202 e. The Hall–Kier alpha value is -1.27. The number of hydrogen-bond acceptors (Lipinski definition) is 6. The zero-order valence-electron chi connectivity index (χ0n) is 6.64. The summed E-state index contributed by atoms with van der Waals surface area (Å²) >= 11 is 0.0880. The summed E-state index contributed by atoms with van der Waals surface area (Å²) in [5.74, 6) is -2.56. The van der Waals surface area contributed by atoms with Gasteiger partial charge < -0.3 is 25.0 Å². The van der Waals surface area contributed by atoms with Crippen LogP contribution in [-0.4, -0.2) is 25.0 Å². The number of hydrogen-bond donors (Lipinski definition) is 5. The Balaban J connectivity index is 3.56. The molecule has 0 atom stereocenters. The molecule has 1 aromatic carbocycles. The first kappa shape index (κ1) is 9.82. The molecule has 0 aliphatic heterocycles. The molecule has 0 saturated carbocycles. The molecule has 0 saturated heterocycles. The van der Waals surface area contributed by atoms with Crippen molar-refractivity contribution >= 4 is 12.0 Å². The highest BCUT2D eigenvalue weighted by Gasteiger charge is 2.20. The molecule has 0 spiro atoms. The van der Waals surface area contributed by atoms with Crippen molar-refractivity contribution in [1.29, 1.82) is 0 Å². The normalized spacial score (nSPS) is 10.3. The lowest BCUT2D eigenvalue weighted by atomic mass is 10.1. The van der Waals surface area contributed by atoms with Crippen LogP contribution in [0, 0.1) is 6.92 Å². The van der Waals surface area contributed by atoms with E-state index >= 15 is 0 Å². The fourth-order valence-corrected chi connectivity index (χ4v) is 1.30. The van der Waals surface area contributed by atoms with Gasteiger partial charge in [-0.05, 0) is 6.92 Å². The highest BCUT2D eigenvalue weighted by atomic mass is 32.2. The number of benzene rings is 1. The van der Waals surface area contributed by atoms with Gasteiger partial charge in [-0.15, -0.1) is 0 Å². The van der Waals surface area contributed by atoms with Crippen molar-refractivity contribution in [3.05, 3.63) is 5.56 Å². The average Bonchev–Trinajstić information content (AvgIpc) is 2.13. The van der Waals surface area contributed by atoms with Crippen molar-refractivity contribution in [3.8, 4) is 23.0 Å². The molecule has 0 heterocycles. The fraction of sp³-hybridized carbons (Fsp3) is 0.143. The number of phenolic OH excluding ortho intramolecular Hbond substituents is 4. The maximum Gasteiger partial charge on any atom is 0.202 e. The summed E-state index contributed by atoms with van der Waals surface area (Å²) in [6.07, 6.45) is 0. The molecule has 72 valence electrons. The molecule has 0 unspecified atom stereocenters. The van der Waals surface area contributed by atoms with Crippen molar-refractivity contribution in [2.24, 2.45) is 0 Å². The Morgan fingerprint density at radius 3 is 1.85 bits per heavy atom. The average molecular weight is 204 g/mol. The van der Waals surface area contributed by atoms with Crippen molar-refractivity contribution in [1.82, 2.24) is 0 Å². The second-order valence-corrected chi connectivity index (χ2v) is 3.03. The van der Waals surface area contributed by atoms with Gasteiger partial charge in [-0.2, -0.15) is 0 Å². The highest BCUT2D eigenvalue weighted by molar-refractivity contribution is 7.94. The molecular formula is C7H8O5S. The van der Waals surface area contributed by atoms with E-state index in [0.717, 1.165) is 0 Å². The maximum atomic E-state index is 9.27. The minimum absolute atomic E-state index is 0.00755. The van der Waals surface area contributed by atoms with Gasteiger partial charge in [-0.1, -0.05) is 0 Å². The molecule has 0 fully saturated rings.